The number of nitrogens with one attached hydrogen (secondary N) is 9. The van der Waals surface area contributed by atoms with Gasteiger partial charge in [0.15, 0.2) is 0 Å². The minimum absolute atomic E-state index is 0. The van der Waals surface area contributed by atoms with Crippen molar-refractivity contribution in [2.24, 2.45) is 17.2 Å². The van der Waals surface area contributed by atoms with Crippen molar-refractivity contribution in [3.05, 3.63) is 29.6 Å². The van der Waals surface area contributed by atoms with Crippen LogP contribution in [0.3, 0.4) is 0 Å². The van der Waals surface area contributed by atoms with Crippen molar-refractivity contribution in [3.8, 4) is 0 Å². The molecule has 0 saturated heterocycles. The number of carboxylic acids is 8. The number of carboxylic acid groups (broad SMARTS) is 8. The predicted molar refractivity (Wildman–Crippen MR) is 362 cm³/mol. The van der Waals surface area contributed by atoms with Crippen LogP contribution >= 0.6 is 59.7 Å². The molecule has 2 bridgehead atoms. The van der Waals surface area contributed by atoms with E-state index in [1.165, 1.54) is 0 Å². The Balaban J connectivity index is 0.0000500. The summed E-state index contributed by atoms with van der Waals surface area (Å²) in [6.45, 7) is -2.14. The molecule has 0 fully saturated rings. The van der Waals surface area contributed by atoms with E-state index in [9.17, 15) is 82.1 Å². The number of rotatable bonds is 44. The average Bonchev–Trinajstić information content (AvgIpc) is 0.846. The number of carbonyl (C=O) groups excluding carboxylic acids is 7. The number of hydrogen-bond acceptors (Lipinski definition) is 27. The SMILES string of the molecule is N[C@@H](CCC(=O)N[C@@H](CSC(=O)NCCCN1CCN(C(CCNC(=S)SC[C@H](NC(=O)CC[C@H](N)C(=O)O)C(=O)NCC(=O)O)C(=O)O)Cc2cccc(n2)CN(C(CCNC(=S)SC[C@H](NC(=O)CC[C@H](N)C(=O)O)C(=O)NCC(=O)O)C(=O)O)CC1)C(=O)NCC(=O)O)C(=O)O.[Mn]. The van der Waals surface area contributed by atoms with E-state index in [4.69, 9.17) is 77.3 Å². The van der Waals surface area contributed by atoms with E-state index in [1.807, 2.05) is 4.90 Å². The fourth-order valence-corrected chi connectivity index (χ4v) is 11.7. The fourth-order valence-electron chi connectivity index (χ4n) is 8.79. The number of carbonyl (C=O) groups is 15. The van der Waals surface area contributed by atoms with Crippen molar-refractivity contribution in [2.75, 3.05) is 89.3 Å². The zero-order chi connectivity index (χ0) is 74.3. The Bertz CT molecular complexity index is 2890. The molecular weight excluding hydrogens is 1470 g/mol. The smallest absolute Gasteiger partial charge is 0.322 e. The van der Waals surface area contributed by atoms with Crippen molar-refractivity contribution < 1.29 is 130 Å². The Kier molecular flexibility index (Phi) is 44.2. The van der Waals surface area contributed by atoms with Crippen LogP contribution in [0.25, 0.3) is 0 Å². The zero-order valence-electron chi connectivity index (χ0n) is 53.7. The van der Waals surface area contributed by atoms with Crippen molar-refractivity contribution >= 4 is 157 Å². The van der Waals surface area contributed by atoms with E-state index < -0.39 is 169 Å². The molecule has 559 valence electrons. The van der Waals surface area contributed by atoms with Gasteiger partial charge in [-0.05, 0) is 57.2 Å². The van der Waals surface area contributed by atoms with E-state index in [0.717, 1.165) is 23.5 Å². The van der Waals surface area contributed by atoms with E-state index in [2.05, 4.69) is 47.9 Å². The first kappa shape index (κ1) is 90.3. The molecule has 1 aromatic heterocycles. The van der Waals surface area contributed by atoms with Gasteiger partial charge in [0.25, 0.3) is 5.24 Å². The Morgan fingerprint density at radius 2 is 0.800 bits per heavy atom. The van der Waals surface area contributed by atoms with Gasteiger partial charge in [-0.3, -0.25) is 86.7 Å². The molecule has 1 aromatic rings. The standard InChI is InChI=1S/C55H84N16O23S5.Mn/c56-31(48(84)85)5-8-39(72)66-34(45(81)62-21-42(75)76)26-97-53(94)59-13-2-16-69-17-19-70(37(51(90)91)11-14-60-54(95)98-27-35(46(82)63-22-43(77)78)67-40(73)9-6-32(57)49(86)87)24-29-3-1-4-30(65-29)25-71(20-18-69)38(52(92)93)12-15-61-55(96)99-28-36(47(83)64-23-44(79)80)68-41(74)10-7-33(58)50(88)89;/h1,3-4,31-38H,2,5-28,56-58H2,(H,59,94)(H,60,95)(H,61,96)(H,62,81)(H,63,82)(H,64,83)(H,66,72)(H,67,73)(H,68,74)(H,75,76)(H,77,78)(H,79,80)(H,84,85)(H,86,87)(H,88,89)(H,90,91)(H,92,93);/t31-,32-,33-,34-,35-,36-,37?,38?;/m0./s1. The molecule has 45 heteroatoms. The summed E-state index contributed by atoms with van der Waals surface area (Å²) in [5, 5.41) is 97.7. The fraction of sp³-hybridized carbons (Fsp3) is 0.600. The van der Waals surface area contributed by atoms with Crippen molar-refractivity contribution in [3.63, 3.8) is 0 Å². The maximum atomic E-state index is 13.2. The minimum Gasteiger partial charge on any atom is -0.480 e. The van der Waals surface area contributed by atoms with Gasteiger partial charge in [0.1, 0.15) is 76.6 Å². The Labute approximate surface area is 606 Å². The van der Waals surface area contributed by atoms with Gasteiger partial charge in [-0.2, -0.15) is 0 Å². The molecule has 8 atom stereocenters. The van der Waals surface area contributed by atoms with E-state index in [-0.39, 0.29) is 154 Å². The summed E-state index contributed by atoms with van der Waals surface area (Å²) in [7, 11) is 0. The molecule has 2 unspecified atom stereocenters. The summed E-state index contributed by atoms with van der Waals surface area (Å²) in [6, 6.07) is -5.83. The van der Waals surface area contributed by atoms with Gasteiger partial charge in [0, 0.05) is 112 Å². The van der Waals surface area contributed by atoms with Crippen LogP contribution in [-0.2, 0) is 97.3 Å². The number of hydrogen-bond donors (Lipinski definition) is 20. The molecule has 1 aliphatic heterocycles. The molecule has 0 aliphatic carbocycles. The number of nitrogens with two attached hydrogens (primary N) is 3. The molecule has 100 heavy (non-hydrogen) atoms. The minimum atomic E-state index is -1.45. The molecular formula is C55H84MnN16O23S5. The number of amides is 7. The maximum absolute atomic E-state index is 13.2. The van der Waals surface area contributed by atoms with Gasteiger partial charge in [0.05, 0.1) is 11.4 Å². The Morgan fingerprint density at radius 1 is 0.460 bits per heavy atom. The zero-order valence-corrected chi connectivity index (χ0v) is 58.9. The summed E-state index contributed by atoms with van der Waals surface area (Å²) in [4.78, 5) is 194. The van der Waals surface area contributed by atoms with E-state index in [1.54, 1.807) is 28.0 Å². The maximum Gasteiger partial charge on any atom is 0.322 e. The summed E-state index contributed by atoms with van der Waals surface area (Å²) in [5.74, 6) is -16.7. The number of aromatic nitrogens is 1. The number of thiocarbonyl (C=S) groups is 2. The van der Waals surface area contributed by atoms with Crippen LogP contribution in [0.15, 0.2) is 18.2 Å². The Morgan fingerprint density at radius 3 is 1.12 bits per heavy atom. The number of nitrogens with zero attached hydrogens (tertiary/aromatic N) is 4. The number of pyridine rings is 1. The van der Waals surface area contributed by atoms with Gasteiger partial charge >= 0.3 is 47.8 Å². The van der Waals surface area contributed by atoms with Crippen LogP contribution in [0.4, 0.5) is 4.79 Å². The van der Waals surface area contributed by atoms with Gasteiger partial charge in [-0.25, -0.2) is 0 Å². The summed E-state index contributed by atoms with van der Waals surface area (Å²) in [5.41, 5.74) is 17.3. The van der Waals surface area contributed by atoms with Crippen LogP contribution in [0.1, 0.15) is 69.2 Å². The van der Waals surface area contributed by atoms with Crippen molar-refractivity contribution in [1.82, 2.24) is 67.5 Å². The van der Waals surface area contributed by atoms with Crippen LogP contribution < -0.4 is 65.1 Å². The molecule has 1 radical (unpaired) electrons. The van der Waals surface area contributed by atoms with Crippen molar-refractivity contribution in [1.29, 1.82) is 0 Å². The summed E-state index contributed by atoms with van der Waals surface area (Å²) < 4.78 is 0.102. The molecule has 0 spiro atoms. The number of aliphatic carboxylic acids is 8. The molecule has 39 nitrogen and oxygen atoms in total. The normalized spacial score (nSPS) is 15.1. The monoisotopic (exact) mass is 1550 g/mol. The summed E-state index contributed by atoms with van der Waals surface area (Å²) in [6.07, 6.45) is -2.03. The number of thioether (sulfide) groups is 3. The third kappa shape index (κ3) is 38.8. The predicted octanol–water partition coefficient (Wildman–Crippen LogP) is -5.63. The third-order valence-corrected chi connectivity index (χ3v) is 17.8. The first-order chi connectivity index (χ1) is 46.6. The average molecular weight is 1550 g/mol. The van der Waals surface area contributed by atoms with E-state index in [0.29, 0.717) is 23.1 Å². The second-order valence-electron chi connectivity index (χ2n) is 21.8. The second-order valence-corrected chi connectivity index (χ2v) is 26.1. The van der Waals surface area contributed by atoms with E-state index >= 15 is 0 Å². The third-order valence-electron chi connectivity index (χ3n) is 14.1. The quantitative estimate of drug-likeness (QED) is 0.0165. The Hall–Kier alpha value is -7.69. The second kappa shape index (κ2) is 49.0. The van der Waals surface area contributed by atoms with Crippen LogP contribution in [-0.4, -0.2) is 295 Å². The first-order valence-electron chi connectivity index (χ1n) is 30.3. The van der Waals surface area contributed by atoms with Crippen LogP contribution in [0.2, 0.25) is 0 Å². The molecule has 1 aliphatic rings. The van der Waals surface area contributed by atoms with Gasteiger partial charge in [0.2, 0.25) is 35.4 Å². The molecule has 2 rings (SSSR count). The molecule has 7 amide bonds. The molecule has 2 heterocycles. The molecule has 0 saturated carbocycles. The topological polar surface area (TPSA) is 627 Å². The van der Waals surface area contributed by atoms with Crippen LogP contribution in [0, 0.1) is 0 Å². The summed E-state index contributed by atoms with van der Waals surface area (Å²) >= 11 is 13.2. The molecule has 0 aromatic carbocycles. The number of fused-ring (bicyclic) bond motifs is 2. The molecule has 23 N–H and O–H groups in total. The first-order valence-corrected chi connectivity index (χ1v) is 34.1. The van der Waals surface area contributed by atoms with Gasteiger partial charge in [-0.15, -0.1) is 0 Å². The van der Waals surface area contributed by atoms with Gasteiger partial charge < -0.3 is 111 Å². The van der Waals surface area contributed by atoms with Crippen molar-refractivity contribution in [2.45, 2.75) is 119 Å². The largest absolute Gasteiger partial charge is 0.480 e. The van der Waals surface area contributed by atoms with Crippen LogP contribution in [0.5, 0.6) is 0 Å². The van der Waals surface area contributed by atoms with Gasteiger partial charge in [-0.1, -0.05) is 65.8 Å².